The zero-order valence-corrected chi connectivity index (χ0v) is 12.8. The van der Waals surface area contributed by atoms with E-state index >= 15 is 0 Å². The van der Waals surface area contributed by atoms with Crippen molar-refractivity contribution in [1.29, 1.82) is 0 Å². The molecule has 0 saturated carbocycles. The second-order valence-electron chi connectivity index (χ2n) is 5.00. The second kappa shape index (κ2) is 9.20. The Morgan fingerprint density at radius 2 is 2.05 bits per heavy atom. The van der Waals surface area contributed by atoms with Gasteiger partial charge in [-0.3, -0.25) is 4.79 Å². The molecule has 0 fully saturated rings. The third-order valence-corrected chi connectivity index (χ3v) is 2.60. The highest BCUT2D eigenvalue weighted by atomic mass is 16.5. The highest BCUT2D eigenvalue weighted by molar-refractivity contribution is 5.78. The molecule has 1 aromatic rings. The molecular weight excluding hydrogens is 272 g/mol. The van der Waals surface area contributed by atoms with Crippen LogP contribution in [-0.4, -0.2) is 50.0 Å². The van der Waals surface area contributed by atoms with E-state index in [2.05, 4.69) is 10.6 Å². The minimum atomic E-state index is -0.692. The molecule has 21 heavy (non-hydrogen) atoms. The van der Waals surface area contributed by atoms with Crippen molar-refractivity contribution >= 4 is 5.91 Å². The summed E-state index contributed by atoms with van der Waals surface area (Å²) < 4.78 is 10.5. The Hall–Kier alpha value is -1.79. The van der Waals surface area contributed by atoms with Crippen LogP contribution in [0.15, 0.2) is 24.3 Å². The van der Waals surface area contributed by atoms with Gasteiger partial charge in [0.2, 0.25) is 5.91 Å². The van der Waals surface area contributed by atoms with Crippen LogP contribution < -0.4 is 20.1 Å². The van der Waals surface area contributed by atoms with Gasteiger partial charge in [-0.1, -0.05) is 6.07 Å². The summed E-state index contributed by atoms with van der Waals surface area (Å²) in [5.41, 5.74) is 0. The number of rotatable bonds is 9. The number of aliphatic hydroxyl groups is 1. The maximum atomic E-state index is 11.4. The van der Waals surface area contributed by atoms with Crippen molar-refractivity contribution in [2.75, 3.05) is 26.8 Å². The molecule has 1 rings (SSSR count). The van der Waals surface area contributed by atoms with Crippen molar-refractivity contribution in [1.82, 2.24) is 10.6 Å². The summed E-state index contributed by atoms with van der Waals surface area (Å²) in [4.78, 5) is 11.4. The molecule has 1 aromatic carbocycles. The Labute approximate surface area is 125 Å². The summed E-state index contributed by atoms with van der Waals surface area (Å²) in [7, 11) is 1.58. The molecule has 0 aliphatic heterocycles. The first-order valence-corrected chi connectivity index (χ1v) is 6.96. The summed E-state index contributed by atoms with van der Waals surface area (Å²) >= 11 is 0. The number of benzene rings is 1. The fraction of sp³-hybridized carbons (Fsp3) is 0.533. The zero-order valence-electron chi connectivity index (χ0n) is 12.8. The quantitative estimate of drug-likeness (QED) is 0.620. The maximum Gasteiger partial charge on any atom is 0.234 e. The van der Waals surface area contributed by atoms with E-state index in [4.69, 9.17) is 9.47 Å². The molecule has 0 spiro atoms. The Kier molecular flexibility index (Phi) is 7.56. The standard InChI is InChI=1S/C15H24N2O4/c1-11(2)17-15(19)9-16-8-12(18)10-21-14-6-4-5-13(7-14)20-3/h4-7,11-12,16,18H,8-10H2,1-3H3,(H,17,19). The van der Waals surface area contributed by atoms with E-state index < -0.39 is 6.10 Å². The summed E-state index contributed by atoms with van der Waals surface area (Å²) in [5.74, 6) is 1.24. The molecule has 1 atom stereocenters. The van der Waals surface area contributed by atoms with Gasteiger partial charge in [-0.2, -0.15) is 0 Å². The van der Waals surface area contributed by atoms with Crippen LogP contribution in [0.3, 0.4) is 0 Å². The predicted octanol–water partition coefficient (Wildman–Crippen LogP) is 0.549. The number of aliphatic hydroxyl groups excluding tert-OH is 1. The van der Waals surface area contributed by atoms with Crippen molar-refractivity contribution in [2.45, 2.75) is 26.0 Å². The molecule has 0 aliphatic carbocycles. The molecule has 6 nitrogen and oxygen atoms in total. The first-order chi connectivity index (χ1) is 10.0. The third kappa shape index (κ3) is 7.53. The number of amides is 1. The van der Waals surface area contributed by atoms with Gasteiger partial charge in [-0.25, -0.2) is 0 Å². The Morgan fingerprint density at radius 3 is 2.71 bits per heavy atom. The summed E-state index contributed by atoms with van der Waals surface area (Å²) in [6.45, 7) is 4.40. The lowest BCUT2D eigenvalue weighted by Gasteiger charge is -2.14. The van der Waals surface area contributed by atoms with E-state index in [-0.39, 0.29) is 31.6 Å². The molecule has 118 valence electrons. The van der Waals surface area contributed by atoms with Gasteiger partial charge in [0.05, 0.1) is 13.7 Å². The number of carbonyl (C=O) groups is 1. The lowest BCUT2D eigenvalue weighted by atomic mass is 10.3. The van der Waals surface area contributed by atoms with Gasteiger partial charge < -0.3 is 25.2 Å². The van der Waals surface area contributed by atoms with E-state index in [1.165, 1.54) is 0 Å². The Morgan fingerprint density at radius 1 is 1.33 bits per heavy atom. The molecule has 3 N–H and O–H groups in total. The molecule has 0 saturated heterocycles. The monoisotopic (exact) mass is 296 g/mol. The summed E-state index contributed by atoms with van der Waals surface area (Å²) in [6.07, 6.45) is -0.692. The van der Waals surface area contributed by atoms with Crippen molar-refractivity contribution in [3.05, 3.63) is 24.3 Å². The number of ether oxygens (including phenoxy) is 2. The van der Waals surface area contributed by atoms with Crippen molar-refractivity contribution in [3.8, 4) is 11.5 Å². The average Bonchev–Trinajstić information content (AvgIpc) is 2.44. The van der Waals surface area contributed by atoms with Gasteiger partial charge in [0.1, 0.15) is 24.2 Å². The molecule has 0 bridgehead atoms. The SMILES string of the molecule is COc1cccc(OCC(O)CNCC(=O)NC(C)C)c1. The first-order valence-electron chi connectivity index (χ1n) is 6.96. The van der Waals surface area contributed by atoms with Crippen molar-refractivity contribution in [2.24, 2.45) is 0 Å². The molecule has 0 aliphatic rings. The molecule has 1 unspecified atom stereocenters. The average molecular weight is 296 g/mol. The Bertz CT molecular complexity index is 437. The van der Waals surface area contributed by atoms with Gasteiger partial charge in [-0.05, 0) is 26.0 Å². The normalized spacial score (nSPS) is 12.0. The van der Waals surface area contributed by atoms with Crippen LogP contribution in [0.2, 0.25) is 0 Å². The minimum Gasteiger partial charge on any atom is -0.497 e. The van der Waals surface area contributed by atoms with Crippen LogP contribution in [0.4, 0.5) is 0 Å². The van der Waals surface area contributed by atoms with Gasteiger partial charge in [0.15, 0.2) is 0 Å². The topological polar surface area (TPSA) is 79.8 Å². The number of nitrogens with one attached hydrogen (secondary N) is 2. The number of carbonyl (C=O) groups excluding carboxylic acids is 1. The van der Waals surface area contributed by atoms with Crippen molar-refractivity contribution in [3.63, 3.8) is 0 Å². The lowest BCUT2D eigenvalue weighted by molar-refractivity contribution is -0.120. The number of hydrogen-bond donors (Lipinski definition) is 3. The van der Waals surface area contributed by atoms with Crippen LogP contribution in [0.5, 0.6) is 11.5 Å². The highest BCUT2D eigenvalue weighted by Crippen LogP contribution is 2.18. The summed E-state index contributed by atoms with van der Waals surface area (Å²) in [6, 6.07) is 7.28. The van der Waals surface area contributed by atoms with Crippen molar-refractivity contribution < 1.29 is 19.4 Å². The molecule has 1 amide bonds. The molecule has 0 heterocycles. The van der Waals surface area contributed by atoms with Crippen LogP contribution >= 0.6 is 0 Å². The van der Waals surface area contributed by atoms with Crippen LogP contribution in [-0.2, 0) is 4.79 Å². The van der Waals surface area contributed by atoms with E-state index in [0.29, 0.717) is 11.5 Å². The highest BCUT2D eigenvalue weighted by Gasteiger charge is 2.08. The van der Waals surface area contributed by atoms with Gasteiger partial charge in [0, 0.05) is 18.7 Å². The summed E-state index contributed by atoms with van der Waals surface area (Å²) in [5, 5.41) is 15.4. The predicted molar refractivity (Wildman–Crippen MR) is 80.6 cm³/mol. The van der Waals surface area contributed by atoms with Gasteiger partial charge in [-0.15, -0.1) is 0 Å². The van der Waals surface area contributed by atoms with Gasteiger partial charge >= 0.3 is 0 Å². The van der Waals surface area contributed by atoms with E-state index in [0.717, 1.165) is 0 Å². The van der Waals surface area contributed by atoms with E-state index in [9.17, 15) is 9.90 Å². The molecule has 0 radical (unpaired) electrons. The van der Waals surface area contributed by atoms with E-state index in [1.54, 1.807) is 19.2 Å². The largest absolute Gasteiger partial charge is 0.497 e. The fourth-order valence-electron chi connectivity index (χ4n) is 1.67. The molecule has 0 aromatic heterocycles. The fourth-order valence-corrected chi connectivity index (χ4v) is 1.67. The maximum absolute atomic E-state index is 11.4. The number of methoxy groups -OCH3 is 1. The lowest BCUT2D eigenvalue weighted by Crippen LogP contribution is -2.41. The Balaban J connectivity index is 2.21. The minimum absolute atomic E-state index is 0.0917. The smallest absolute Gasteiger partial charge is 0.234 e. The molecular formula is C15H24N2O4. The second-order valence-corrected chi connectivity index (χ2v) is 5.00. The third-order valence-electron chi connectivity index (χ3n) is 2.60. The van der Waals surface area contributed by atoms with Gasteiger partial charge in [0.25, 0.3) is 0 Å². The van der Waals surface area contributed by atoms with Crippen LogP contribution in [0.1, 0.15) is 13.8 Å². The number of hydrogen-bond acceptors (Lipinski definition) is 5. The van der Waals surface area contributed by atoms with E-state index in [1.807, 2.05) is 26.0 Å². The zero-order chi connectivity index (χ0) is 15.7. The first kappa shape index (κ1) is 17.3. The molecule has 6 heteroatoms. The van der Waals surface area contributed by atoms with Crippen LogP contribution in [0.25, 0.3) is 0 Å². The van der Waals surface area contributed by atoms with Crippen LogP contribution in [0, 0.1) is 0 Å².